The zero-order valence-corrected chi connectivity index (χ0v) is 10.00. The molecule has 0 fully saturated rings. The first-order valence-corrected chi connectivity index (χ1v) is 5.38. The molecule has 2 amide bonds. The van der Waals surface area contributed by atoms with Crippen LogP contribution in [0.4, 0.5) is 0 Å². The quantitative estimate of drug-likeness (QED) is 0.594. The zero-order chi connectivity index (χ0) is 13.5. The molecule has 0 aliphatic rings. The van der Waals surface area contributed by atoms with Gasteiger partial charge in [-0.05, 0) is 12.1 Å². The van der Waals surface area contributed by atoms with Gasteiger partial charge in [-0.1, -0.05) is 0 Å². The molecule has 1 aromatic rings. The van der Waals surface area contributed by atoms with Gasteiger partial charge in [0, 0.05) is 7.05 Å². The molecule has 100 valence electrons. The van der Waals surface area contributed by atoms with E-state index in [0.29, 0.717) is 0 Å². The number of aliphatic hydroxyl groups excluding tert-OH is 2. The molecule has 0 aromatic carbocycles. The second kappa shape index (κ2) is 6.77. The van der Waals surface area contributed by atoms with Gasteiger partial charge in [0.25, 0.3) is 5.91 Å². The van der Waals surface area contributed by atoms with E-state index in [4.69, 9.17) is 14.6 Å². The smallest absolute Gasteiger partial charge is 0.289 e. The average Bonchev–Trinajstić information content (AvgIpc) is 2.88. The monoisotopic (exact) mass is 256 g/mol. The Kier molecular flexibility index (Phi) is 5.34. The van der Waals surface area contributed by atoms with Gasteiger partial charge in [-0.3, -0.25) is 9.59 Å². The third-order valence-electron chi connectivity index (χ3n) is 2.27. The molecule has 0 saturated heterocycles. The van der Waals surface area contributed by atoms with Gasteiger partial charge in [-0.2, -0.15) is 0 Å². The summed E-state index contributed by atoms with van der Waals surface area (Å²) >= 11 is 0. The lowest BCUT2D eigenvalue weighted by atomic mass is 10.3. The average molecular weight is 256 g/mol. The molecule has 3 N–H and O–H groups in total. The van der Waals surface area contributed by atoms with Crippen molar-refractivity contribution in [3.63, 3.8) is 0 Å². The summed E-state index contributed by atoms with van der Waals surface area (Å²) in [6.07, 6.45) is 1.37. The maximum atomic E-state index is 11.7. The minimum atomic E-state index is -0.718. The van der Waals surface area contributed by atoms with Gasteiger partial charge in [-0.25, -0.2) is 0 Å². The second-order valence-corrected chi connectivity index (χ2v) is 3.77. The Labute approximate surface area is 104 Å². The summed E-state index contributed by atoms with van der Waals surface area (Å²) in [6.45, 7) is -0.911. The van der Waals surface area contributed by atoms with E-state index in [0.717, 1.165) is 0 Å². The Balaban J connectivity index is 2.47. The van der Waals surface area contributed by atoms with Gasteiger partial charge in [0.05, 0.1) is 32.1 Å². The molecular weight excluding hydrogens is 240 g/mol. The van der Waals surface area contributed by atoms with Crippen LogP contribution in [0.25, 0.3) is 0 Å². The molecule has 0 aliphatic carbocycles. The highest BCUT2D eigenvalue weighted by atomic mass is 16.3. The van der Waals surface area contributed by atoms with Gasteiger partial charge in [0.15, 0.2) is 5.76 Å². The number of nitrogens with one attached hydrogen (secondary N) is 1. The van der Waals surface area contributed by atoms with Crippen LogP contribution in [0.5, 0.6) is 0 Å². The van der Waals surface area contributed by atoms with Crippen molar-refractivity contribution in [2.75, 3.05) is 26.8 Å². The van der Waals surface area contributed by atoms with Crippen LogP contribution in [0.2, 0.25) is 0 Å². The number of carbonyl (C=O) groups is 2. The number of hydrogen-bond acceptors (Lipinski definition) is 5. The summed E-state index contributed by atoms with van der Waals surface area (Å²) < 4.78 is 4.92. The van der Waals surface area contributed by atoms with E-state index in [1.807, 2.05) is 0 Å². The molecule has 1 rings (SSSR count). The van der Waals surface area contributed by atoms with E-state index in [1.54, 1.807) is 6.07 Å². The maximum absolute atomic E-state index is 11.7. The topological polar surface area (TPSA) is 103 Å². The zero-order valence-electron chi connectivity index (χ0n) is 10.00. The highest BCUT2D eigenvalue weighted by molar-refractivity contribution is 5.94. The highest BCUT2D eigenvalue weighted by Gasteiger charge is 2.18. The lowest BCUT2D eigenvalue weighted by molar-refractivity contribution is -0.122. The van der Waals surface area contributed by atoms with E-state index in [1.165, 1.54) is 24.3 Å². The predicted molar refractivity (Wildman–Crippen MR) is 61.8 cm³/mol. The number of aliphatic hydroxyl groups is 2. The van der Waals surface area contributed by atoms with Crippen LogP contribution in [0.1, 0.15) is 10.6 Å². The lowest BCUT2D eigenvalue weighted by Gasteiger charge is -2.18. The first-order valence-electron chi connectivity index (χ1n) is 5.38. The van der Waals surface area contributed by atoms with E-state index in [9.17, 15) is 9.59 Å². The molecule has 1 heterocycles. The molecule has 1 aromatic heterocycles. The second-order valence-electron chi connectivity index (χ2n) is 3.77. The van der Waals surface area contributed by atoms with Gasteiger partial charge in [0.1, 0.15) is 0 Å². The molecule has 0 unspecified atom stereocenters. The lowest BCUT2D eigenvalue weighted by Crippen LogP contribution is -2.45. The summed E-state index contributed by atoms with van der Waals surface area (Å²) in [6, 6.07) is 2.36. The molecule has 0 bridgehead atoms. The molecule has 0 spiro atoms. The van der Waals surface area contributed by atoms with Crippen molar-refractivity contribution in [3.05, 3.63) is 24.2 Å². The third kappa shape index (κ3) is 3.86. The summed E-state index contributed by atoms with van der Waals surface area (Å²) in [5.41, 5.74) is 0. The van der Waals surface area contributed by atoms with Crippen LogP contribution < -0.4 is 5.32 Å². The predicted octanol–water partition coefficient (Wildman–Crippen LogP) is -1.18. The van der Waals surface area contributed by atoms with Crippen LogP contribution in [0.15, 0.2) is 22.8 Å². The van der Waals surface area contributed by atoms with Crippen molar-refractivity contribution in [3.8, 4) is 0 Å². The molecule has 18 heavy (non-hydrogen) atoms. The van der Waals surface area contributed by atoms with Gasteiger partial charge in [0.2, 0.25) is 5.91 Å². The molecule has 0 radical (unpaired) electrons. The van der Waals surface area contributed by atoms with Crippen molar-refractivity contribution in [2.24, 2.45) is 0 Å². The van der Waals surface area contributed by atoms with E-state index in [2.05, 4.69) is 5.32 Å². The van der Waals surface area contributed by atoms with Gasteiger partial charge >= 0.3 is 0 Å². The molecule has 7 nitrogen and oxygen atoms in total. The SMILES string of the molecule is CN(CC(=O)NC(CO)CO)C(=O)c1ccco1. The number of nitrogens with zero attached hydrogens (tertiary/aromatic N) is 1. The Hall–Kier alpha value is -1.86. The van der Waals surface area contributed by atoms with Gasteiger partial charge < -0.3 is 24.8 Å². The van der Waals surface area contributed by atoms with E-state index < -0.39 is 17.9 Å². The summed E-state index contributed by atoms with van der Waals surface area (Å²) in [5.74, 6) is -0.739. The van der Waals surface area contributed by atoms with Crippen LogP contribution in [-0.2, 0) is 4.79 Å². The van der Waals surface area contributed by atoms with Crippen LogP contribution in [0.3, 0.4) is 0 Å². The Morgan fingerprint density at radius 2 is 2.11 bits per heavy atom. The number of amides is 2. The summed E-state index contributed by atoms with van der Waals surface area (Å²) in [7, 11) is 1.46. The standard InChI is InChI=1S/C11H16N2O5/c1-13(11(17)9-3-2-4-18-9)5-10(16)12-8(6-14)7-15/h2-4,8,14-15H,5-7H2,1H3,(H,12,16). The first-order chi connectivity index (χ1) is 8.58. The largest absolute Gasteiger partial charge is 0.459 e. The minimum Gasteiger partial charge on any atom is -0.459 e. The van der Waals surface area contributed by atoms with Crippen LogP contribution >= 0.6 is 0 Å². The normalized spacial score (nSPS) is 10.4. The number of carbonyl (C=O) groups excluding carboxylic acids is 2. The van der Waals surface area contributed by atoms with Crippen molar-refractivity contribution in [2.45, 2.75) is 6.04 Å². The molecule has 0 saturated carbocycles. The Morgan fingerprint density at radius 1 is 1.44 bits per heavy atom. The van der Waals surface area contributed by atoms with Crippen molar-refractivity contribution < 1.29 is 24.2 Å². The number of furan rings is 1. The number of likely N-dealkylation sites (N-methyl/N-ethyl adjacent to an activating group) is 1. The summed E-state index contributed by atoms with van der Waals surface area (Å²) in [4.78, 5) is 24.4. The number of hydrogen-bond donors (Lipinski definition) is 3. The molecule has 7 heteroatoms. The van der Waals surface area contributed by atoms with Crippen molar-refractivity contribution >= 4 is 11.8 Å². The van der Waals surface area contributed by atoms with E-state index >= 15 is 0 Å². The minimum absolute atomic E-state index is 0.145. The molecular formula is C11H16N2O5. The fraction of sp³-hybridized carbons (Fsp3) is 0.455. The van der Waals surface area contributed by atoms with E-state index in [-0.39, 0.29) is 25.5 Å². The maximum Gasteiger partial charge on any atom is 0.289 e. The van der Waals surface area contributed by atoms with Gasteiger partial charge in [-0.15, -0.1) is 0 Å². The van der Waals surface area contributed by atoms with Crippen molar-refractivity contribution in [1.82, 2.24) is 10.2 Å². The molecule has 0 aliphatic heterocycles. The van der Waals surface area contributed by atoms with Crippen molar-refractivity contribution in [1.29, 1.82) is 0 Å². The number of rotatable bonds is 6. The van der Waals surface area contributed by atoms with Crippen LogP contribution in [0, 0.1) is 0 Å². The van der Waals surface area contributed by atoms with Crippen LogP contribution in [-0.4, -0.2) is 59.8 Å². The highest BCUT2D eigenvalue weighted by Crippen LogP contribution is 2.03. The Morgan fingerprint density at radius 3 is 2.61 bits per heavy atom. The first kappa shape index (κ1) is 14.2. The molecule has 0 atom stereocenters. The third-order valence-corrected chi connectivity index (χ3v) is 2.27. The fourth-order valence-corrected chi connectivity index (χ4v) is 1.30. The summed E-state index contributed by atoms with van der Waals surface area (Å²) in [5, 5.41) is 20.0. The fourth-order valence-electron chi connectivity index (χ4n) is 1.30. The Bertz CT molecular complexity index is 386.